The van der Waals surface area contributed by atoms with Crippen LogP contribution in [0.2, 0.25) is 5.02 Å². The Kier molecular flexibility index (Phi) is 3.54. The fraction of sp³-hybridized carbons (Fsp3) is 0.0833. The zero-order valence-corrected chi connectivity index (χ0v) is 11.2. The van der Waals surface area contributed by atoms with Crippen molar-refractivity contribution in [3.63, 3.8) is 0 Å². The standard InChI is InChI=1S/C12H11ClN2O2S/c1-15(10-5-3-2-4-6-10)18(16,17)12-9-14-8-7-11(12)13/h2-9H,1H3. The normalized spacial score (nSPS) is 11.2. The maximum Gasteiger partial charge on any atom is 0.267 e. The molecule has 0 N–H and O–H groups in total. The molecule has 0 aliphatic rings. The number of rotatable bonds is 3. The van der Waals surface area contributed by atoms with Gasteiger partial charge in [0.05, 0.1) is 10.7 Å². The molecule has 0 unspecified atom stereocenters. The number of benzene rings is 1. The maximum atomic E-state index is 12.4. The Hall–Kier alpha value is -1.59. The van der Waals surface area contributed by atoms with Gasteiger partial charge in [-0.3, -0.25) is 9.29 Å². The van der Waals surface area contributed by atoms with E-state index >= 15 is 0 Å². The van der Waals surface area contributed by atoms with Crippen LogP contribution in [0.25, 0.3) is 0 Å². The Balaban J connectivity index is 2.48. The molecule has 1 aromatic heterocycles. The first-order chi connectivity index (χ1) is 8.53. The first kappa shape index (κ1) is 12.9. The second-order valence-electron chi connectivity index (χ2n) is 3.61. The first-order valence-electron chi connectivity index (χ1n) is 5.17. The van der Waals surface area contributed by atoms with Gasteiger partial charge in [0.15, 0.2) is 0 Å². The molecule has 4 nitrogen and oxygen atoms in total. The van der Waals surface area contributed by atoms with Crippen LogP contribution in [0.3, 0.4) is 0 Å². The van der Waals surface area contributed by atoms with E-state index in [1.807, 2.05) is 6.07 Å². The minimum Gasteiger partial charge on any atom is -0.269 e. The molecule has 0 spiro atoms. The minimum atomic E-state index is -3.68. The molecule has 2 rings (SSSR count). The van der Waals surface area contributed by atoms with E-state index in [9.17, 15) is 8.42 Å². The Labute approximate surface area is 111 Å². The summed E-state index contributed by atoms with van der Waals surface area (Å²) >= 11 is 5.89. The lowest BCUT2D eigenvalue weighted by Crippen LogP contribution is -2.26. The lowest BCUT2D eigenvalue weighted by molar-refractivity contribution is 0.594. The number of aromatic nitrogens is 1. The molecule has 94 valence electrons. The topological polar surface area (TPSA) is 50.3 Å². The Morgan fingerprint density at radius 1 is 1.17 bits per heavy atom. The van der Waals surface area contributed by atoms with E-state index in [1.165, 1.54) is 29.8 Å². The minimum absolute atomic E-state index is 0.00183. The van der Waals surface area contributed by atoms with Crippen molar-refractivity contribution in [1.29, 1.82) is 0 Å². The molecule has 0 saturated carbocycles. The second-order valence-corrected chi connectivity index (χ2v) is 5.96. The number of hydrogen-bond donors (Lipinski definition) is 0. The zero-order valence-electron chi connectivity index (χ0n) is 9.62. The molecule has 2 aromatic rings. The molecule has 0 aliphatic heterocycles. The van der Waals surface area contributed by atoms with E-state index in [1.54, 1.807) is 24.3 Å². The fourth-order valence-electron chi connectivity index (χ4n) is 1.48. The molecule has 0 bridgehead atoms. The number of pyridine rings is 1. The molecule has 1 heterocycles. The quantitative estimate of drug-likeness (QED) is 0.869. The van der Waals surface area contributed by atoms with Gasteiger partial charge in [-0.05, 0) is 18.2 Å². The van der Waals surface area contributed by atoms with E-state index in [4.69, 9.17) is 11.6 Å². The molecule has 0 fully saturated rings. The summed E-state index contributed by atoms with van der Waals surface area (Å²) in [5, 5.41) is 0.160. The van der Waals surface area contributed by atoms with Gasteiger partial charge in [-0.15, -0.1) is 0 Å². The summed E-state index contributed by atoms with van der Waals surface area (Å²) in [6, 6.07) is 10.2. The van der Waals surface area contributed by atoms with Gasteiger partial charge < -0.3 is 0 Å². The Morgan fingerprint density at radius 2 is 1.83 bits per heavy atom. The van der Waals surface area contributed by atoms with Crippen LogP contribution in [0.4, 0.5) is 5.69 Å². The van der Waals surface area contributed by atoms with E-state index < -0.39 is 10.0 Å². The van der Waals surface area contributed by atoms with Gasteiger partial charge in [0.25, 0.3) is 10.0 Å². The highest BCUT2D eigenvalue weighted by atomic mass is 35.5. The lowest BCUT2D eigenvalue weighted by atomic mass is 10.3. The molecule has 0 radical (unpaired) electrons. The van der Waals surface area contributed by atoms with Gasteiger partial charge in [-0.25, -0.2) is 8.42 Å². The van der Waals surface area contributed by atoms with E-state index in [0.29, 0.717) is 5.69 Å². The highest BCUT2D eigenvalue weighted by molar-refractivity contribution is 7.93. The van der Waals surface area contributed by atoms with E-state index in [-0.39, 0.29) is 9.92 Å². The van der Waals surface area contributed by atoms with Gasteiger partial charge in [0.1, 0.15) is 4.90 Å². The molecule has 0 saturated heterocycles. The average Bonchev–Trinajstić information content (AvgIpc) is 2.39. The largest absolute Gasteiger partial charge is 0.269 e. The molecule has 18 heavy (non-hydrogen) atoms. The molecule has 1 aromatic carbocycles. The third kappa shape index (κ3) is 2.32. The fourth-order valence-corrected chi connectivity index (χ4v) is 3.08. The predicted octanol–water partition coefficient (Wildman–Crippen LogP) is 2.56. The smallest absolute Gasteiger partial charge is 0.267 e. The lowest BCUT2D eigenvalue weighted by Gasteiger charge is -2.19. The molecule has 0 atom stereocenters. The summed E-state index contributed by atoms with van der Waals surface area (Å²) < 4.78 is 25.9. The van der Waals surface area contributed by atoms with Crippen LogP contribution in [-0.2, 0) is 10.0 Å². The van der Waals surface area contributed by atoms with Crippen LogP contribution in [0, 0.1) is 0 Å². The second kappa shape index (κ2) is 4.96. The number of hydrogen-bond acceptors (Lipinski definition) is 3. The Morgan fingerprint density at radius 3 is 2.44 bits per heavy atom. The van der Waals surface area contributed by atoms with Crippen molar-refractivity contribution in [2.45, 2.75) is 4.90 Å². The van der Waals surface area contributed by atoms with Crippen molar-refractivity contribution in [3.8, 4) is 0 Å². The van der Waals surface area contributed by atoms with Crippen LogP contribution in [0.5, 0.6) is 0 Å². The SMILES string of the molecule is CN(c1ccccc1)S(=O)(=O)c1cnccc1Cl. The number of para-hydroxylation sites is 1. The average molecular weight is 283 g/mol. The molecule has 6 heteroatoms. The van der Waals surface area contributed by atoms with Gasteiger partial charge >= 0.3 is 0 Å². The third-order valence-corrected chi connectivity index (χ3v) is 4.75. The van der Waals surface area contributed by atoms with E-state index in [2.05, 4.69) is 4.98 Å². The van der Waals surface area contributed by atoms with Crippen molar-refractivity contribution < 1.29 is 8.42 Å². The maximum absolute atomic E-state index is 12.4. The van der Waals surface area contributed by atoms with E-state index in [0.717, 1.165) is 0 Å². The summed E-state index contributed by atoms with van der Waals surface area (Å²) in [7, 11) is -2.20. The first-order valence-corrected chi connectivity index (χ1v) is 6.99. The Bertz CT molecular complexity index is 644. The molecule has 0 aliphatic carbocycles. The van der Waals surface area contributed by atoms with Crippen LogP contribution in [-0.4, -0.2) is 20.4 Å². The number of nitrogens with zero attached hydrogens (tertiary/aromatic N) is 2. The van der Waals surface area contributed by atoms with Crippen LogP contribution in [0.1, 0.15) is 0 Å². The van der Waals surface area contributed by atoms with Crippen molar-refractivity contribution in [2.75, 3.05) is 11.4 Å². The van der Waals surface area contributed by atoms with Crippen molar-refractivity contribution in [2.24, 2.45) is 0 Å². The van der Waals surface area contributed by atoms with Crippen LogP contribution >= 0.6 is 11.6 Å². The highest BCUT2D eigenvalue weighted by Crippen LogP contribution is 2.25. The highest BCUT2D eigenvalue weighted by Gasteiger charge is 2.23. The summed E-state index contributed by atoms with van der Waals surface area (Å²) in [5.41, 5.74) is 0.567. The predicted molar refractivity (Wildman–Crippen MR) is 71.3 cm³/mol. The van der Waals surface area contributed by atoms with Gasteiger partial charge in [0, 0.05) is 19.4 Å². The van der Waals surface area contributed by atoms with Crippen LogP contribution < -0.4 is 4.31 Å². The third-order valence-electron chi connectivity index (χ3n) is 2.49. The van der Waals surface area contributed by atoms with Gasteiger partial charge in [0.2, 0.25) is 0 Å². The summed E-state index contributed by atoms with van der Waals surface area (Å²) in [5.74, 6) is 0. The number of halogens is 1. The summed E-state index contributed by atoms with van der Waals surface area (Å²) in [4.78, 5) is 3.80. The monoisotopic (exact) mass is 282 g/mol. The van der Waals surface area contributed by atoms with Crippen LogP contribution in [0.15, 0.2) is 53.7 Å². The van der Waals surface area contributed by atoms with Crippen molar-refractivity contribution >= 4 is 27.3 Å². The van der Waals surface area contributed by atoms with Crippen molar-refractivity contribution in [1.82, 2.24) is 4.98 Å². The zero-order chi connectivity index (χ0) is 13.2. The van der Waals surface area contributed by atoms with Gasteiger partial charge in [-0.1, -0.05) is 29.8 Å². The van der Waals surface area contributed by atoms with Gasteiger partial charge in [-0.2, -0.15) is 0 Å². The summed E-state index contributed by atoms with van der Waals surface area (Å²) in [6.45, 7) is 0. The molecular weight excluding hydrogens is 272 g/mol. The number of sulfonamides is 1. The molecular formula is C12H11ClN2O2S. The number of anilines is 1. The van der Waals surface area contributed by atoms with Crippen molar-refractivity contribution in [3.05, 3.63) is 53.8 Å². The molecule has 0 amide bonds. The summed E-state index contributed by atoms with van der Waals surface area (Å²) in [6.07, 6.45) is 2.70.